The van der Waals surface area contributed by atoms with Crippen LogP contribution in [0.1, 0.15) is 5.56 Å². The molecule has 1 aromatic rings. The van der Waals surface area contributed by atoms with Gasteiger partial charge in [-0.05, 0) is 17.7 Å². The molecule has 0 aliphatic rings. The van der Waals surface area contributed by atoms with E-state index >= 15 is 0 Å². The lowest BCUT2D eigenvalue weighted by molar-refractivity contribution is -0.413. The van der Waals surface area contributed by atoms with Gasteiger partial charge in [-0.25, -0.2) is 0 Å². The van der Waals surface area contributed by atoms with Gasteiger partial charge in [0.05, 0.1) is 0 Å². The standard InChI is InChI=1S/C16H19ClN2/c1-18-12-8-6-4-5-7-9-14-10-11-15(19(2)3)13-16(14)17/h4-13H,1-3H3/p+1/b5-4+,8-6-,9-7+,18-12?. The number of halogens is 1. The number of anilines is 1. The molecule has 0 radical (unpaired) electrons. The molecule has 0 fully saturated rings. The lowest BCUT2D eigenvalue weighted by Crippen LogP contribution is -2.62. The van der Waals surface area contributed by atoms with Crippen molar-refractivity contribution in [3.63, 3.8) is 0 Å². The topological polar surface area (TPSA) is 17.2 Å². The first-order chi connectivity index (χ1) is 9.15. The summed E-state index contributed by atoms with van der Waals surface area (Å²) in [5, 5.41) is 0.759. The second kappa shape index (κ2) is 8.33. The molecule has 19 heavy (non-hydrogen) atoms. The van der Waals surface area contributed by atoms with Gasteiger partial charge in [-0.15, -0.1) is 0 Å². The summed E-state index contributed by atoms with van der Waals surface area (Å²) >= 11 is 6.23. The second-order valence-electron chi connectivity index (χ2n) is 4.18. The SMILES string of the molecule is C[NH+]=C\C=C/C=C/C=C/c1ccc(N(C)C)cc1Cl. The molecule has 1 N–H and O–H groups in total. The molecule has 1 rings (SSSR count). The van der Waals surface area contributed by atoms with Crippen molar-refractivity contribution in [1.82, 2.24) is 0 Å². The molecule has 0 unspecified atom stereocenters. The Labute approximate surface area is 120 Å². The van der Waals surface area contributed by atoms with Crippen molar-refractivity contribution in [2.24, 2.45) is 0 Å². The second-order valence-corrected chi connectivity index (χ2v) is 4.59. The Morgan fingerprint density at radius 1 is 1.05 bits per heavy atom. The highest BCUT2D eigenvalue weighted by Gasteiger charge is 1.99. The van der Waals surface area contributed by atoms with Crippen LogP contribution in [0, 0.1) is 0 Å². The molecule has 0 amide bonds. The molecule has 0 bridgehead atoms. The van der Waals surface area contributed by atoms with Crippen molar-refractivity contribution in [2.75, 3.05) is 26.0 Å². The van der Waals surface area contributed by atoms with Crippen LogP contribution in [-0.2, 0) is 0 Å². The summed E-state index contributed by atoms with van der Waals surface area (Å²) < 4.78 is 0. The predicted molar refractivity (Wildman–Crippen MR) is 86.0 cm³/mol. The minimum atomic E-state index is 0.759. The van der Waals surface area contributed by atoms with E-state index in [2.05, 4.69) is 11.1 Å². The molecule has 0 aliphatic heterocycles. The molecule has 0 aliphatic carbocycles. The van der Waals surface area contributed by atoms with Gasteiger partial charge in [0.2, 0.25) is 0 Å². The summed E-state index contributed by atoms with van der Waals surface area (Å²) in [6.07, 6.45) is 13.7. The minimum absolute atomic E-state index is 0.759. The van der Waals surface area contributed by atoms with E-state index in [1.165, 1.54) is 0 Å². The Hall–Kier alpha value is -1.80. The number of hydrogen-bond acceptors (Lipinski definition) is 1. The van der Waals surface area contributed by atoms with Crippen molar-refractivity contribution >= 4 is 29.6 Å². The molecule has 0 spiro atoms. The van der Waals surface area contributed by atoms with E-state index in [4.69, 9.17) is 11.6 Å². The van der Waals surface area contributed by atoms with Gasteiger partial charge in [-0.1, -0.05) is 48.0 Å². The smallest absolute Gasteiger partial charge is 0.161 e. The van der Waals surface area contributed by atoms with Gasteiger partial charge in [-0.2, -0.15) is 0 Å². The van der Waals surface area contributed by atoms with E-state index in [0.29, 0.717) is 0 Å². The van der Waals surface area contributed by atoms with Crippen LogP contribution in [-0.4, -0.2) is 27.4 Å². The van der Waals surface area contributed by atoms with Crippen molar-refractivity contribution < 1.29 is 4.99 Å². The zero-order chi connectivity index (χ0) is 14.1. The summed E-state index contributed by atoms with van der Waals surface area (Å²) in [5.74, 6) is 0. The molecule has 1 aromatic carbocycles. The zero-order valence-corrected chi connectivity index (χ0v) is 12.4. The van der Waals surface area contributed by atoms with E-state index in [0.717, 1.165) is 16.3 Å². The molecule has 0 atom stereocenters. The first-order valence-electron chi connectivity index (χ1n) is 6.12. The minimum Gasteiger partial charge on any atom is -0.378 e. The van der Waals surface area contributed by atoms with Crippen LogP contribution in [0.25, 0.3) is 6.08 Å². The molecule has 0 aromatic heterocycles. The first-order valence-corrected chi connectivity index (χ1v) is 6.50. The van der Waals surface area contributed by atoms with E-state index in [-0.39, 0.29) is 0 Å². The summed E-state index contributed by atoms with van der Waals surface area (Å²) in [4.78, 5) is 4.95. The largest absolute Gasteiger partial charge is 0.378 e. The maximum atomic E-state index is 6.23. The van der Waals surface area contributed by atoms with Gasteiger partial charge in [0, 0.05) is 30.9 Å². The maximum Gasteiger partial charge on any atom is 0.161 e. The average Bonchev–Trinajstić information content (AvgIpc) is 2.39. The third-order valence-electron chi connectivity index (χ3n) is 2.48. The van der Waals surface area contributed by atoms with Crippen LogP contribution in [0.2, 0.25) is 5.02 Å². The lowest BCUT2D eigenvalue weighted by Gasteiger charge is -2.13. The molecular weight excluding hydrogens is 256 g/mol. The Morgan fingerprint density at radius 3 is 2.37 bits per heavy atom. The highest BCUT2D eigenvalue weighted by molar-refractivity contribution is 6.32. The molecule has 0 saturated heterocycles. The number of rotatable bonds is 5. The number of benzene rings is 1. The summed E-state index contributed by atoms with van der Waals surface area (Å²) in [5.41, 5.74) is 2.12. The molecule has 3 heteroatoms. The van der Waals surface area contributed by atoms with E-state index < -0.39 is 0 Å². The van der Waals surface area contributed by atoms with E-state index in [9.17, 15) is 0 Å². The maximum absolute atomic E-state index is 6.23. The Kier molecular flexibility index (Phi) is 6.69. The molecule has 0 heterocycles. The van der Waals surface area contributed by atoms with Gasteiger partial charge in [0.15, 0.2) is 6.21 Å². The Morgan fingerprint density at radius 2 is 1.74 bits per heavy atom. The van der Waals surface area contributed by atoms with Crippen LogP contribution in [0.5, 0.6) is 0 Å². The fourth-order valence-electron chi connectivity index (χ4n) is 1.43. The number of hydrogen-bond donors (Lipinski definition) is 1. The van der Waals surface area contributed by atoms with Crippen molar-refractivity contribution in [2.45, 2.75) is 0 Å². The van der Waals surface area contributed by atoms with Crippen LogP contribution in [0.3, 0.4) is 0 Å². The average molecular weight is 276 g/mol. The van der Waals surface area contributed by atoms with Crippen LogP contribution >= 0.6 is 11.6 Å². The van der Waals surface area contributed by atoms with Crippen molar-refractivity contribution in [3.05, 3.63) is 59.2 Å². The third kappa shape index (κ3) is 5.58. The summed E-state index contributed by atoms with van der Waals surface area (Å²) in [6, 6.07) is 6.04. The Bertz CT molecular complexity index is 511. The number of nitrogens with one attached hydrogen (secondary N) is 1. The molecule has 0 saturated carbocycles. The van der Waals surface area contributed by atoms with Crippen LogP contribution in [0.4, 0.5) is 5.69 Å². The summed E-state index contributed by atoms with van der Waals surface area (Å²) in [7, 11) is 5.87. The number of allylic oxidation sites excluding steroid dienone is 5. The summed E-state index contributed by atoms with van der Waals surface area (Å²) in [6.45, 7) is 0. The van der Waals surface area contributed by atoms with E-state index in [1.807, 2.05) is 80.8 Å². The van der Waals surface area contributed by atoms with Crippen LogP contribution in [0.15, 0.2) is 48.6 Å². The van der Waals surface area contributed by atoms with Crippen molar-refractivity contribution in [1.29, 1.82) is 0 Å². The monoisotopic (exact) mass is 275 g/mol. The van der Waals surface area contributed by atoms with Gasteiger partial charge in [0.25, 0.3) is 0 Å². The first kappa shape index (κ1) is 15.3. The van der Waals surface area contributed by atoms with E-state index in [1.54, 1.807) is 0 Å². The third-order valence-corrected chi connectivity index (χ3v) is 2.81. The van der Waals surface area contributed by atoms with Gasteiger partial charge in [0.1, 0.15) is 7.05 Å². The normalized spacial score (nSPS) is 12.4. The predicted octanol–water partition coefficient (Wildman–Crippen LogP) is 2.31. The molecule has 100 valence electrons. The highest BCUT2D eigenvalue weighted by atomic mass is 35.5. The molecular formula is C16H20ClN2+. The van der Waals surface area contributed by atoms with Gasteiger partial charge >= 0.3 is 0 Å². The van der Waals surface area contributed by atoms with Gasteiger partial charge in [-0.3, -0.25) is 4.99 Å². The Balaban J connectivity index is 2.67. The fourth-order valence-corrected chi connectivity index (χ4v) is 1.67. The quantitative estimate of drug-likeness (QED) is 0.645. The van der Waals surface area contributed by atoms with Crippen LogP contribution < -0.4 is 9.89 Å². The fraction of sp³-hybridized carbons (Fsp3) is 0.188. The molecule has 2 nitrogen and oxygen atoms in total. The zero-order valence-electron chi connectivity index (χ0n) is 11.6. The lowest BCUT2D eigenvalue weighted by atomic mass is 10.2. The van der Waals surface area contributed by atoms with Gasteiger partial charge < -0.3 is 4.90 Å². The highest BCUT2D eigenvalue weighted by Crippen LogP contribution is 2.23. The number of nitrogens with zero attached hydrogens (tertiary/aromatic N) is 1. The van der Waals surface area contributed by atoms with Crippen molar-refractivity contribution in [3.8, 4) is 0 Å².